The topological polar surface area (TPSA) is 109 Å². The number of aromatic nitrogens is 3. The average molecular weight is 283 g/mol. The summed E-state index contributed by atoms with van der Waals surface area (Å²) in [5, 5.41) is 15.8. The van der Waals surface area contributed by atoms with Gasteiger partial charge in [0, 0.05) is 20.6 Å². The summed E-state index contributed by atoms with van der Waals surface area (Å²) in [7, 11) is 3.20. The molecular weight excluding hydrogens is 266 g/mol. The number of aliphatic carboxylic acids is 1. The van der Waals surface area contributed by atoms with Gasteiger partial charge < -0.3 is 14.9 Å². The highest BCUT2D eigenvalue weighted by Gasteiger charge is 2.21. The summed E-state index contributed by atoms with van der Waals surface area (Å²) in [5.74, 6) is -1.75. The molecule has 1 rings (SSSR count). The van der Waals surface area contributed by atoms with E-state index >= 15 is 0 Å². The van der Waals surface area contributed by atoms with E-state index in [1.807, 2.05) is 0 Å². The SMILES string of the molecule is CCN(CC(=O)N(C)C)C(=O)c1cn(CC(=O)O)nn1. The Labute approximate surface area is 115 Å². The summed E-state index contributed by atoms with van der Waals surface area (Å²) in [6.07, 6.45) is 1.25. The van der Waals surface area contributed by atoms with Crippen LogP contribution in [0.2, 0.25) is 0 Å². The van der Waals surface area contributed by atoms with E-state index in [1.54, 1.807) is 21.0 Å². The van der Waals surface area contributed by atoms with E-state index in [2.05, 4.69) is 10.3 Å². The summed E-state index contributed by atoms with van der Waals surface area (Å²) < 4.78 is 1.05. The Morgan fingerprint density at radius 2 is 2.00 bits per heavy atom. The Morgan fingerprint density at radius 3 is 2.50 bits per heavy atom. The lowest BCUT2D eigenvalue weighted by molar-refractivity contribution is -0.138. The maximum atomic E-state index is 12.1. The van der Waals surface area contributed by atoms with Crippen LogP contribution in [0.25, 0.3) is 0 Å². The van der Waals surface area contributed by atoms with Crippen LogP contribution >= 0.6 is 0 Å². The van der Waals surface area contributed by atoms with Crippen LogP contribution in [-0.2, 0) is 16.1 Å². The molecule has 0 bridgehead atoms. The molecule has 1 N–H and O–H groups in total. The van der Waals surface area contributed by atoms with Gasteiger partial charge in [-0.3, -0.25) is 14.4 Å². The summed E-state index contributed by atoms with van der Waals surface area (Å²) in [6.45, 7) is 1.64. The first-order valence-electron chi connectivity index (χ1n) is 5.96. The number of carbonyl (C=O) groups is 3. The Morgan fingerprint density at radius 1 is 1.35 bits per heavy atom. The molecule has 0 aliphatic carbocycles. The monoisotopic (exact) mass is 283 g/mol. The highest BCUT2D eigenvalue weighted by molar-refractivity contribution is 5.94. The van der Waals surface area contributed by atoms with Crippen LogP contribution in [0.5, 0.6) is 0 Å². The highest BCUT2D eigenvalue weighted by Crippen LogP contribution is 2.02. The van der Waals surface area contributed by atoms with Crippen LogP contribution < -0.4 is 0 Å². The minimum absolute atomic E-state index is 0.0136. The van der Waals surface area contributed by atoms with Crippen LogP contribution in [0.1, 0.15) is 17.4 Å². The number of hydrogen-bond donors (Lipinski definition) is 1. The van der Waals surface area contributed by atoms with Crippen molar-refractivity contribution in [1.82, 2.24) is 24.8 Å². The molecular formula is C11H17N5O4. The van der Waals surface area contributed by atoms with Crippen molar-refractivity contribution in [3.05, 3.63) is 11.9 Å². The van der Waals surface area contributed by atoms with Crippen LogP contribution in [0, 0.1) is 0 Å². The standard InChI is InChI=1S/C11H17N5O4/c1-4-15(6-9(17)14(2)3)11(20)8-5-16(13-12-8)7-10(18)19/h5H,4,6-7H2,1-3H3,(H,18,19). The maximum Gasteiger partial charge on any atom is 0.325 e. The van der Waals surface area contributed by atoms with Gasteiger partial charge in [0.25, 0.3) is 5.91 Å². The molecule has 110 valence electrons. The van der Waals surface area contributed by atoms with Gasteiger partial charge >= 0.3 is 5.97 Å². The molecule has 0 aromatic carbocycles. The molecule has 9 nitrogen and oxygen atoms in total. The minimum Gasteiger partial charge on any atom is -0.480 e. The molecule has 0 saturated carbocycles. The Bertz CT molecular complexity index is 511. The van der Waals surface area contributed by atoms with Gasteiger partial charge in [-0.1, -0.05) is 5.21 Å². The van der Waals surface area contributed by atoms with Crippen molar-refractivity contribution in [3.63, 3.8) is 0 Å². The molecule has 1 aromatic heterocycles. The number of hydrogen-bond acceptors (Lipinski definition) is 5. The van der Waals surface area contributed by atoms with Gasteiger partial charge in [0.05, 0.1) is 6.20 Å². The Balaban J connectivity index is 2.78. The fourth-order valence-electron chi connectivity index (χ4n) is 1.41. The quantitative estimate of drug-likeness (QED) is 0.711. The average Bonchev–Trinajstić information content (AvgIpc) is 2.82. The summed E-state index contributed by atoms with van der Waals surface area (Å²) in [6, 6.07) is 0. The van der Waals surface area contributed by atoms with E-state index in [-0.39, 0.29) is 24.7 Å². The van der Waals surface area contributed by atoms with Gasteiger partial charge in [-0.15, -0.1) is 5.10 Å². The fourth-order valence-corrected chi connectivity index (χ4v) is 1.41. The molecule has 20 heavy (non-hydrogen) atoms. The normalized spacial score (nSPS) is 10.2. The van der Waals surface area contributed by atoms with Crippen molar-refractivity contribution in [2.24, 2.45) is 0 Å². The lowest BCUT2D eigenvalue weighted by atomic mass is 10.3. The minimum atomic E-state index is -1.08. The van der Waals surface area contributed by atoms with Gasteiger partial charge in [-0.2, -0.15) is 0 Å². The molecule has 0 spiro atoms. The third-order valence-electron chi connectivity index (χ3n) is 2.55. The Hall–Kier alpha value is -2.45. The first-order valence-corrected chi connectivity index (χ1v) is 5.96. The lowest BCUT2D eigenvalue weighted by Gasteiger charge is -2.21. The maximum absolute atomic E-state index is 12.1. The highest BCUT2D eigenvalue weighted by atomic mass is 16.4. The van der Waals surface area contributed by atoms with E-state index in [0.29, 0.717) is 6.54 Å². The van der Waals surface area contributed by atoms with E-state index in [0.717, 1.165) is 4.68 Å². The number of likely N-dealkylation sites (N-methyl/N-ethyl adjacent to an activating group) is 2. The van der Waals surface area contributed by atoms with E-state index < -0.39 is 11.9 Å². The zero-order valence-electron chi connectivity index (χ0n) is 11.6. The first-order chi connectivity index (χ1) is 9.35. The van der Waals surface area contributed by atoms with Crippen LogP contribution in [-0.4, -0.2) is 74.9 Å². The summed E-state index contributed by atoms with van der Waals surface area (Å²) in [5.41, 5.74) is 0.0136. The van der Waals surface area contributed by atoms with E-state index in [4.69, 9.17) is 5.11 Å². The summed E-state index contributed by atoms with van der Waals surface area (Å²) in [4.78, 5) is 37.0. The number of carbonyl (C=O) groups excluding carboxylic acids is 2. The predicted molar refractivity (Wildman–Crippen MR) is 67.9 cm³/mol. The second-order valence-electron chi connectivity index (χ2n) is 4.30. The van der Waals surface area contributed by atoms with Crippen molar-refractivity contribution >= 4 is 17.8 Å². The van der Waals surface area contributed by atoms with Gasteiger partial charge in [0.1, 0.15) is 13.1 Å². The van der Waals surface area contributed by atoms with Crippen molar-refractivity contribution in [3.8, 4) is 0 Å². The molecule has 1 aromatic rings. The van der Waals surface area contributed by atoms with Gasteiger partial charge in [-0.25, -0.2) is 4.68 Å². The molecule has 0 aliphatic heterocycles. The van der Waals surface area contributed by atoms with Crippen LogP contribution in [0.15, 0.2) is 6.20 Å². The molecule has 0 fully saturated rings. The van der Waals surface area contributed by atoms with Crippen molar-refractivity contribution in [1.29, 1.82) is 0 Å². The zero-order valence-corrected chi connectivity index (χ0v) is 11.6. The van der Waals surface area contributed by atoms with Gasteiger partial charge in [-0.05, 0) is 6.92 Å². The molecule has 1 heterocycles. The van der Waals surface area contributed by atoms with Crippen LogP contribution in [0.3, 0.4) is 0 Å². The van der Waals surface area contributed by atoms with Crippen molar-refractivity contribution in [2.75, 3.05) is 27.2 Å². The first kappa shape index (κ1) is 15.6. The molecule has 2 amide bonds. The zero-order chi connectivity index (χ0) is 15.3. The van der Waals surface area contributed by atoms with E-state index in [1.165, 1.54) is 16.0 Å². The smallest absolute Gasteiger partial charge is 0.325 e. The molecule has 0 saturated heterocycles. The Kier molecular flexibility index (Phi) is 5.18. The molecule has 0 unspecified atom stereocenters. The number of carboxylic acid groups (broad SMARTS) is 1. The second-order valence-corrected chi connectivity index (χ2v) is 4.30. The molecule has 9 heteroatoms. The number of amides is 2. The predicted octanol–water partition coefficient (Wildman–Crippen LogP) is -1.09. The molecule has 0 atom stereocenters. The summed E-state index contributed by atoms with van der Waals surface area (Å²) >= 11 is 0. The number of nitrogens with zero attached hydrogens (tertiary/aromatic N) is 5. The van der Waals surface area contributed by atoms with E-state index in [9.17, 15) is 14.4 Å². The van der Waals surface area contributed by atoms with Gasteiger partial charge in [0.15, 0.2) is 5.69 Å². The molecule has 0 aliphatic rings. The second kappa shape index (κ2) is 6.64. The third kappa shape index (κ3) is 4.04. The largest absolute Gasteiger partial charge is 0.480 e. The van der Waals surface area contributed by atoms with Crippen molar-refractivity contribution < 1.29 is 19.5 Å². The van der Waals surface area contributed by atoms with Crippen molar-refractivity contribution in [2.45, 2.75) is 13.5 Å². The third-order valence-corrected chi connectivity index (χ3v) is 2.55. The molecule has 0 radical (unpaired) electrons. The van der Waals surface area contributed by atoms with Gasteiger partial charge in [0.2, 0.25) is 5.91 Å². The lowest BCUT2D eigenvalue weighted by Crippen LogP contribution is -2.40. The fraction of sp³-hybridized carbons (Fsp3) is 0.545. The van der Waals surface area contributed by atoms with Crippen LogP contribution in [0.4, 0.5) is 0 Å². The number of carboxylic acids is 1. The number of rotatable bonds is 6.